The molecule has 2 N–H and O–H groups in total. The third-order valence-corrected chi connectivity index (χ3v) is 5.15. The molecule has 0 unspecified atom stereocenters. The average Bonchev–Trinajstić information content (AvgIpc) is 3.36. The van der Waals surface area contributed by atoms with Gasteiger partial charge in [-0.25, -0.2) is 4.79 Å². The number of amides is 1. The highest BCUT2D eigenvalue weighted by Gasteiger charge is 2.29. The third kappa shape index (κ3) is 3.69. The Morgan fingerprint density at radius 2 is 1.66 bits per heavy atom. The number of aromatic nitrogens is 2. The van der Waals surface area contributed by atoms with Gasteiger partial charge in [0, 0.05) is 18.8 Å². The minimum absolute atomic E-state index is 0.00632. The average molecular weight is 411 g/mol. The predicted octanol–water partition coefficient (Wildman–Crippen LogP) is 4.08. The van der Waals surface area contributed by atoms with Gasteiger partial charge in [0.15, 0.2) is 11.5 Å². The second-order valence-corrected chi connectivity index (χ2v) is 7.12. The van der Waals surface area contributed by atoms with Crippen molar-refractivity contribution < 1.29 is 14.7 Å². The van der Waals surface area contributed by atoms with Gasteiger partial charge in [-0.15, -0.1) is 0 Å². The number of carboxylic acids is 1. The summed E-state index contributed by atoms with van der Waals surface area (Å²) in [5, 5.41) is 12.9. The standard InChI is InChI=1S/C21H19ClN4O3/c22-16-11-5-4-10-15(16)19(27)23-18-17(20(28)29)26(14-8-2-1-3-9-14)21(24-18)25-12-6-7-13-25/h1-5,8-11H,6-7,12-13H2,(H,23,27)(H,28,29). The quantitative estimate of drug-likeness (QED) is 0.661. The minimum Gasteiger partial charge on any atom is -0.476 e. The molecule has 1 aliphatic heterocycles. The zero-order valence-electron chi connectivity index (χ0n) is 15.5. The summed E-state index contributed by atoms with van der Waals surface area (Å²) in [6.07, 6.45) is 2.01. The molecule has 1 fully saturated rings. The van der Waals surface area contributed by atoms with Gasteiger partial charge < -0.3 is 15.3 Å². The van der Waals surface area contributed by atoms with Crippen LogP contribution in [0.2, 0.25) is 5.02 Å². The van der Waals surface area contributed by atoms with Crippen LogP contribution >= 0.6 is 11.6 Å². The number of hydrogen-bond acceptors (Lipinski definition) is 4. The van der Waals surface area contributed by atoms with Crippen molar-refractivity contribution in [1.29, 1.82) is 0 Å². The number of hydrogen-bond donors (Lipinski definition) is 2. The normalized spacial score (nSPS) is 13.5. The van der Waals surface area contributed by atoms with E-state index in [0.717, 1.165) is 25.9 Å². The molecule has 1 aromatic heterocycles. The smallest absolute Gasteiger partial charge is 0.356 e. The molecule has 0 saturated carbocycles. The number of imidazole rings is 1. The van der Waals surface area contributed by atoms with Crippen molar-refractivity contribution in [2.24, 2.45) is 0 Å². The number of anilines is 2. The number of nitrogens with one attached hydrogen (secondary N) is 1. The van der Waals surface area contributed by atoms with Crippen molar-refractivity contribution in [3.05, 3.63) is 70.9 Å². The molecule has 2 heterocycles. The summed E-state index contributed by atoms with van der Waals surface area (Å²) < 4.78 is 1.58. The molecule has 8 heteroatoms. The molecule has 0 bridgehead atoms. The molecule has 1 aliphatic rings. The summed E-state index contributed by atoms with van der Waals surface area (Å²) in [5.74, 6) is -1.20. The maximum atomic E-state index is 12.7. The fourth-order valence-corrected chi connectivity index (χ4v) is 3.69. The highest BCUT2D eigenvalue weighted by atomic mass is 35.5. The van der Waals surface area contributed by atoms with Crippen molar-refractivity contribution in [3.63, 3.8) is 0 Å². The molecule has 0 spiro atoms. The van der Waals surface area contributed by atoms with Crippen LogP contribution in [-0.4, -0.2) is 39.6 Å². The molecule has 2 aromatic carbocycles. The number of aromatic carboxylic acids is 1. The van der Waals surface area contributed by atoms with Crippen LogP contribution in [0.5, 0.6) is 0 Å². The Morgan fingerprint density at radius 1 is 1.00 bits per heavy atom. The van der Waals surface area contributed by atoms with Crippen LogP contribution in [-0.2, 0) is 0 Å². The molecule has 1 saturated heterocycles. The van der Waals surface area contributed by atoms with E-state index in [9.17, 15) is 14.7 Å². The molecule has 0 radical (unpaired) electrons. The van der Waals surface area contributed by atoms with E-state index in [-0.39, 0.29) is 22.1 Å². The largest absolute Gasteiger partial charge is 0.476 e. The highest BCUT2D eigenvalue weighted by molar-refractivity contribution is 6.34. The summed E-state index contributed by atoms with van der Waals surface area (Å²) in [6.45, 7) is 1.56. The van der Waals surface area contributed by atoms with Gasteiger partial charge in [0.2, 0.25) is 5.95 Å². The second kappa shape index (κ2) is 7.97. The van der Waals surface area contributed by atoms with Crippen molar-refractivity contribution >= 4 is 35.2 Å². The number of benzene rings is 2. The Kier molecular flexibility index (Phi) is 5.22. The first-order valence-electron chi connectivity index (χ1n) is 9.28. The summed E-state index contributed by atoms with van der Waals surface area (Å²) in [6, 6.07) is 15.7. The first-order valence-corrected chi connectivity index (χ1v) is 9.66. The number of nitrogens with zero attached hydrogens (tertiary/aromatic N) is 3. The first-order chi connectivity index (χ1) is 14.1. The van der Waals surface area contributed by atoms with Gasteiger partial charge in [-0.3, -0.25) is 9.36 Å². The van der Waals surface area contributed by atoms with Crippen LogP contribution in [0.25, 0.3) is 5.69 Å². The van der Waals surface area contributed by atoms with Gasteiger partial charge in [0.1, 0.15) is 0 Å². The topological polar surface area (TPSA) is 87.5 Å². The summed E-state index contributed by atoms with van der Waals surface area (Å²) in [5.41, 5.74) is 0.818. The summed E-state index contributed by atoms with van der Waals surface area (Å²) >= 11 is 6.11. The third-order valence-electron chi connectivity index (χ3n) is 4.82. The van der Waals surface area contributed by atoms with E-state index >= 15 is 0 Å². The zero-order chi connectivity index (χ0) is 20.4. The second-order valence-electron chi connectivity index (χ2n) is 6.71. The van der Waals surface area contributed by atoms with Crippen molar-refractivity contribution in [3.8, 4) is 5.69 Å². The van der Waals surface area contributed by atoms with E-state index in [4.69, 9.17) is 11.6 Å². The van der Waals surface area contributed by atoms with Gasteiger partial charge in [0.25, 0.3) is 5.91 Å². The lowest BCUT2D eigenvalue weighted by molar-refractivity contribution is 0.0689. The highest BCUT2D eigenvalue weighted by Crippen LogP contribution is 2.31. The molecule has 3 aromatic rings. The maximum Gasteiger partial charge on any atom is 0.356 e. The molecule has 0 aliphatic carbocycles. The molecule has 148 valence electrons. The van der Waals surface area contributed by atoms with Gasteiger partial charge in [-0.1, -0.05) is 41.9 Å². The van der Waals surface area contributed by atoms with Crippen LogP contribution in [0.3, 0.4) is 0 Å². The lowest BCUT2D eigenvalue weighted by Gasteiger charge is -2.18. The minimum atomic E-state index is -1.18. The summed E-state index contributed by atoms with van der Waals surface area (Å²) in [4.78, 5) is 31.5. The van der Waals surface area contributed by atoms with Crippen molar-refractivity contribution in [2.75, 3.05) is 23.3 Å². The van der Waals surface area contributed by atoms with Gasteiger partial charge in [-0.2, -0.15) is 4.98 Å². The number of carbonyl (C=O) groups excluding carboxylic acids is 1. The van der Waals surface area contributed by atoms with E-state index in [2.05, 4.69) is 10.3 Å². The fraction of sp³-hybridized carbons (Fsp3) is 0.190. The Hall–Kier alpha value is -3.32. The van der Waals surface area contributed by atoms with Crippen molar-refractivity contribution in [1.82, 2.24) is 9.55 Å². The van der Waals surface area contributed by atoms with Crippen LogP contribution in [0, 0.1) is 0 Å². The van der Waals surface area contributed by atoms with Gasteiger partial charge in [0.05, 0.1) is 10.6 Å². The number of para-hydroxylation sites is 1. The van der Waals surface area contributed by atoms with E-state index in [1.54, 1.807) is 28.8 Å². The first kappa shape index (κ1) is 19.0. The zero-order valence-corrected chi connectivity index (χ0v) is 16.3. The van der Waals surface area contributed by atoms with Crippen LogP contribution < -0.4 is 10.2 Å². The Bertz CT molecular complexity index is 1060. The number of halogens is 1. The molecular formula is C21H19ClN4O3. The van der Waals surface area contributed by atoms with Gasteiger partial charge >= 0.3 is 5.97 Å². The lowest BCUT2D eigenvalue weighted by atomic mass is 10.2. The Balaban J connectivity index is 1.82. The van der Waals surface area contributed by atoms with Crippen LogP contribution in [0.1, 0.15) is 33.7 Å². The van der Waals surface area contributed by atoms with E-state index < -0.39 is 11.9 Å². The van der Waals surface area contributed by atoms with E-state index in [1.807, 2.05) is 35.2 Å². The molecule has 7 nitrogen and oxygen atoms in total. The monoisotopic (exact) mass is 410 g/mol. The van der Waals surface area contributed by atoms with Crippen LogP contribution in [0.4, 0.5) is 11.8 Å². The van der Waals surface area contributed by atoms with Crippen molar-refractivity contribution in [2.45, 2.75) is 12.8 Å². The van der Waals surface area contributed by atoms with Gasteiger partial charge in [-0.05, 0) is 37.1 Å². The summed E-state index contributed by atoms with van der Waals surface area (Å²) in [7, 11) is 0. The SMILES string of the molecule is O=C(Nc1nc(N2CCCC2)n(-c2ccccc2)c1C(=O)O)c1ccccc1Cl. The van der Waals surface area contributed by atoms with E-state index in [1.165, 1.54) is 0 Å². The maximum absolute atomic E-state index is 12.7. The molecule has 29 heavy (non-hydrogen) atoms. The Labute approximate surface area is 172 Å². The number of rotatable bonds is 5. The lowest BCUT2D eigenvalue weighted by Crippen LogP contribution is -2.22. The number of carbonyl (C=O) groups is 2. The Morgan fingerprint density at radius 3 is 2.31 bits per heavy atom. The molecule has 1 amide bonds. The molecule has 0 atom stereocenters. The number of carboxylic acid groups (broad SMARTS) is 1. The molecule has 4 rings (SSSR count). The molecular weight excluding hydrogens is 392 g/mol. The fourth-order valence-electron chi connectivity index (χ4n) is 3.46. The predicted molar refractivity (Wildman–Crippen MR) is 111 cm³/mol. The van der Waals surface area contributed by atoms with Crippen LogP contribution in [0.15, 0.2) is 54.6 Å². The van der Waals surface area contributed by atoms with E-state index in [0.29, 0.717) is 11.6 Å².